The van der Waals surface area contributed by atoms with Gasteiger partial charge >= 0.3 is 0 Å². The van der Waals surface area contributed by atoms with E-state index in [0.717, 1.165) is 50.0 Å². The summed E-state index contributed by atoms with van der Waals surface area (Å²) in [5.41, 5.74) is 1.36. The average molecular weight is 471 g/mol. The SMILES string of the molecule is C1COCCN1.CC.CC.Clc1nc(NC2CCCCC2)c2c3c(sc2n1)COCC3. The zero-order valence-electron chi connectivity index (χ0n) is 19.6. The monoisotopic (exact) mass is 470 g/mol. The van der Waals surface area contributed by atoms with E-state index < -0.39 is 0 Å². The van der Waals surface area contributed by atoms with Gasteiger partial charge in [-0.2, -0.15) is 0 Å². The Kier molecular flexibility index (Phi) is 12.7. The highest BCUT2D eigenvalue weighted by molar-refractivity contribution is 7.19. The Bertz CT molecular complexity index is 750. The Morgan fingerprint density at radius 3 is 2.29 bits per heavy atom. The maximum absolute atomic E-state index is 6.12. The second-order valence-electron chi connectivity index (χ2n) is 7.17. The van der Waals surface area contributed by atoms with Crippen molar-refractivity contribution >= 4 is 39.0 Å². The normalized spacial score (nSPS) is 18.4. The number of fused-ring (bicyclic) bond motifs is 3. The predicted octanol–water partition coefficient (Wildman–Crippen LogP) is 5.82. The molecule has 0 radical (unpaired) electrons. The molecule has 0 spiro atoms. The number of halogens is 1. The molecule has 1 saturated carbocycles. The second kappa shape index (κ2) is 15.0. The summed E-state index contributed by atoms with van der Waals surface area (Å²) >= 11 is 7.81. The minimum Gasteiger partial charge on any atom is -0.379 e. The minimum absolute atomic E-state index is 0.334. The fourth-order valence-electron chi connectivity index (χ4n) is 3.86. The van der Waals surface area contributed by atoms with Crippen molar-refractivity contribution in [3.05, 3.63) is 15.7 Å². The van der Waals surface area contributed by atoms with Crippen LogP contribution in [0.2, 0.25) is 5.28 Å². The summed E-state index contributed by atoms with van der Waals surface area (Å²) in [7, 11) is 0. The summed E-state index contributed by atoms with van der Waals surface area (Å²) in [4.78, 5) is 11.2. The molecule has 0 atom stereocenters. The standard InChI is InChI=1S/C15H18ClN3OS.C4H9NO.2C2H6/c16-15-18-13(17-9-4-2-1-3-5-9)12-10-6-7-20-8-11(10)21-14(12)19-15;1-3-6-4-2-5-1;2*1-2/h9H,1-8H2,(H,17,18,19);5H,1-4H2;2*1-2H3. The molecule has 2 aliphatic heterocycles. The number of nitrogens with one attached hydrogen (secondary N) is 2. The van der Waals surface area contributed by atoms with Crippen molar-refractivity contribution in [2.45, 2.75) is 78.9 Å². The molecule has 5 rings (SSSR count). The Morgan fingerprint density at radius 2 is 1.68 bits per heavy atom. The Morgan fingerprint density at radius 1 is 0.968 bits per heavy atom. The van der Waals surface area contributed by atoms with Gasteiger partial charge in [0.15, 0.2) is 0 Å². The van der Waals surface area contributed by atoms with Crippen LogP contribution in [0.15, 0.2) is 0 Å². The summed E-state index contributed by atoms with van der Waals surface area (Å²) in [6.45, 7) is 13.3. The molecule has 2 fully saturated rings. The second-order valence-corrected chi connectivity index (χ2v) is 8.59. The zero-order valence-corrected chi connectivity index (χ0v) is 21.1. The molecule has 2 aromatic rings. The molecule has 3 aliphatic rings. The molecule has 31 heavy (non-hydrogen) atoms. The summed E-state index contributed by atoms with van der Waals surface area (Å²) in [5.74, 6) is 0.927. The largest absolute Gasteiger partial charge is 0.379 e. The molecule has 0 amide bonds. The van der Waals surface area contributed by atoms with Gasteiger partial charge in [0.2, 0.25) is 5.28 Å². The van der Waals surface area contributed by atoms with E-state index in [1.807, 2.05) is 27.7 Å². The molecule has 4 heterocycles. The van der Waals surface area contributed by atoms with Crippen molar-refractivity contribution in [3.8, 4) is 0 Å². The van der Waals surface area contributed by atoms with Gasteiger partial charge in [0.25, 0.3) is 0 Å². The molecule has 6 nitrogen and oxygen atoms in total. The molecule has 2 N–H and O–H groups in total. The van der Waals surface area contributed by atoms with E-state index >= 15 is 0 Å². The zero-order chi connectivity index (χ0) is 22.5. The fourth-order valence-corrected chi connectivity index (χ4v) is 5.23. The molecule has 2 aromatic heterocycles. The molecule has 1 aliphatic carbocycles. The number of nitrogens with zero attached hydrogens (tertiary/aromatic N) is 2. The summed E-state index contributed by atoms with van der Waals surface area (Å²) in [5, 5.41) is 8.30. The van der Waals surface area contributed by atoms with Gasteiger partial charge in [0.1, 0.15) is 10.6 Å². The van der Waals surface area contributed by atoms with Crippen LogP contribution in [0.3, 0.4) is 0 Å². The number of morpholine rings is 1. The van der Waals surface area contributed by atoms with E-state index in [2.05, 4.69) is 20.6 Å². The minimum atomic E-state index is 0.334. The lowest BCUT2D eigenvalue weighted by atomic mass is 9.95. The number of aromatic nitrogens is 2. The number of ether oxygens (including phenoxy) is 2. The first-order chi connectivity index (χ1) is 15.3. The van der Waals surface area contributed by atoms with Crippen LogP contribution >= 0.6 is 22.9 Å². The maximum atomic E-state index is 6.12. The lowest BCUT2D eigenvalue weighted by molar-refractivity contribution is 0.109. The Balaban J connectivity index is 0.000000289. The third-order valence-electron chi connectivity index (χ3n) is 5.23. The van der Waals surface area contributed by atoms with Gasteiger partial charge in [0, 0.05) is 24.0 Å². The van der Waals surface area contributed by atoms with E-state index in [0.29, 0.717) is 17.9 Å². The van der Waals surface area contributed by atoms with Gasteiger partial charge in [-0.1, -0.05) is 47.0 Å². The molecule has 0 unspecified atom stereocenters. The van der Waals surface area contributed by atoms with Crippen molar-refractivity contribution in [1.29, 1.82) is 0 Å². The van der Waals surface area contributed by atoms with E-state index in [4.69, 9.17) is 21.1 Å². The lowest BCUT2D eigenvalue weighted by Crippen LogP contribution is -2.30. The number of thiophene rings is 1. The van der Waals surface area contributed by atoms with Crippen LogP contribution < -0.4 is 10.6 Å². The average Bonchev–Trinajstić information content (AvgIpc) is 3.22. The van der Waals surface area contributed by atoms with Crippen molar-refractivity contribution < 1.29 is 9.47 Å². The van der Waals surface area contributed by atoms with E-state index in [1.54, 1.807) is 11.3 Å². The van der Waals surface area contributed by atoms with Crippen LogP contribution in [0.5, 0.6) is 0 Å². The molecule has 0 aromatic carbocycles. The van der Waals surface area contributed by atoms with E-state index in [9.17, 15) is 0 Å². The van der Waals surface area contributed by atoms with Crippen LogP contribution in [0.25, 0.3) is 10.2 Å². The van der Waals surface area contributed by atoms with Crippen LogP contribution in [0.4, 0.5) is 5.82 Å². The molecule has 1 saturated heterocycles. The number of rotatable bonds is 2. The molecular weight excluding hydrogens is 432 g/mol. The molecule has 8 heteroatoms. The number of hydrogen-bond donors (Lipinski definition) is 2. The molecular formula is C23H39ClN4O2S. The van der Waals surface area contributed by atoms with Gasteiger partial charge in [-0.15, -0.1) is 11.3 Å². The summed E-state index contributed by atoms with van der Waals surface area (Å²) in [6, 6.07) is 0.517. The van der Waals surface area contributed by atoms with Crippen LogP contribution in [0, 0.1) is 0 Å². The van der Waals surface area contributed by atoms with Crippen molar-refractivity contribution in [3.63, 3.8) is 0 Å². The highest BCUT2D eigenvalue weighted by atomic mass is 35.5. The van der Waals surface area contributed by atoms with Gasteiger partial charge < -0.3 is 20.1 Å². The Labute approximate surface area is 196 Å². The first-order valence-corrected chi connectivity index (χ1v) is 13.1. The molecule has 0 bridgehead atoms. The van der Waals surface area contributed by atoms with E-state index in [-0.39, 0.29) is 0 Å². The summed E-state index contributed by atoms with van der Waals surface area (Å²) in [6.07, 6.45) is 7.34. The smallest absolute Gasteiger partial charge is 0.225 e. The van der Waals surface area contributed by atoms with Gasteiger partial charge in [-0.25, -0.2) is 9.97 Å². The van der Waals surface area contributed by atoms with Crippen molar-refractivity contribution in [1.82, 2.24) is 15.3 Å². The van der Waals surface area contributed by atoms with Crippen molar-refractivity contribution in [2.24, 2.45) is 0 Å². The molecule has 176 valence electrons. The maximum Gasteiger partial charge on any atom is 0.225 e. The van der Waals surface area contributed by atoms with Gasteiger partial charge in [-0.3, -0.25) is 0 Å². The van der Waals surface area contributed by atoms with Gasteiger partial charge in [0.05, 0.1) is 31.8 Å². The quantitative estimate of drug-likeness (QED) is 0.539. The van der Waals surface area contributed by atoms with E-state index in [1.165, 1.54) is 47.9 Å². The lowest BCUT2D eigenvalue weighted by Gasteiger charge is -2.24. The first kappa shape index (κ1) is 26.3. The third-order valence-corrected chi connectivity index (χ3v) is 6.50. The fraction of sp³-hybridized carbons (Fsp3) is 0.739. The number of anilines is 1. The predicted molar refractivity (Wildman–Crippen MR) is 133 cm³/mol. The first-order valence-electron chi connectivity index (χ1n) is 11.9. The topological polar surface area (TPSA) is 68.3 Å². The van der Waals surface area contributed by atoms with Crippen LogP contribution in [-0.4, -0.2) is 48.9 Å². The summed E-state index contributed by atoms with van der Waals surface area (Å²) < 4.78 is 10.6. The third kappa shape index (κ3) is 7.82. The van der Waals surface area contributed by atoms with Crippen molar-refractivity contribution in [2.75, 3.05) is 38.2 Å². The van der Waals surface area contributed by atoms with Crippen LogP contribution in [-0.2, 0) is 22.5 Å². The highest BCUT2D eigenvalue weighted by Gasteiger charge is 2.23. The number of hydrogen-bond acceptors (Lipinski definition) is 7. The Hall–Kier alpha value is -0.990. The van der Waals surface area contributed by atoms with Crippen LogP contribution in [0.1, 0.15) is 70.2 Å². The highest BCUT2D eigenvalue weighted by Crippen LogP contribution is 2.38. The van der Waals surface area contributed by atoms with Gasteiger partial charge in [-0.05, 0) is 36.4 Å².